The number of hydrogen-bond donors (Lipinski definition) is 1. The van der Waals surface area contributed by atoms with Gasteiger partial charge in [-0.2, -0.15) is 4.99 Å². The van der Waals surface area contributed by atoms with Crippen molar-refractivity contribution >= 4 is 34.4 Å². The summed E-state index contributed by atoms with van der Waals surface area (Å²) in [4.78, 5) is 31.4. The van der Waals surface area contributed by atoms with E-state index in [9.17, 15) is 9.59 Å². The zero-order valence-electron chi connectivity index (χ0n) is 16.5. The molecule has 1 aromatic rings. The lowest BCUT2D eigenvalue weighted by molar-refractivity contribution is -0.122. The van der Waals surface area contributed by atoms with Gasteiger partial charge in [0.25, 0.3) is 5.91 Å². The van der Waals surface area contributed by atoms with E-state index in [2.05, 4.69) is 23.3 Å². The van der Waals surface area contributed by atoms with Gasteiger partial charge in [-0.1, -0.05) is 49.2 Å². The third-order valence-corrected chi connectivity index (χ3v) is 7.31. The molecule has 1 unspecified atom stereocenters. The Bertz CT molecular complexity index is 773. The van der Waals surface area contributed by atoms with Gasteiger partial charge < -0.3 is 10.2 Å². The molecular formula is C22H29N3O2S. The number of amides is 2. The molecule has 3 aliphatic rings. The van der Waals surface area contributed by atoms with Crippen LogP contribution in [0, 0.1) is 5.92 Å². The summed E-state index contributed by atoms with van der Waals surface area (Å²) in [6.07, 6.45) is 8.61. The summed E-state index contributed by atoms with van der Waals surface area (Å²) in [7, 11) is 0. The van der Waals surface area contributed by atoms with E-state index in [4.69, 9.17) is 0 Å². The lowest BCUT2D eigenvalue weighted by Gasteiger charge is -2.30. The van der Waals surface area contributed by atoms with Crippen molar-refractivity contribution in [2.45, 2.75) is 69.6 Å². The Kier molecular flexibility index (Phi) is 6.04. The first-order chi connectivity index (χ1) is 13.6. The van der Waals surface area contributed by atoms with Gasteiger partial charge in [-0.25, -0.2) is 0 Å². The average Bonchev–Trinajstić information content (AvgIpc) is 3.06. The van der Waals surface area contributed by atoms with E-state index in [0.717, 1.165) is 25.1 Å². The number of anilines is 1. The van der Waals surface area contributed by atoms with Crippen molar-refractivity contribution in [2.24, 2.45) is 10.9 Å². The molecule has 1 N–H and O–H groups in total. The molecule has 1 aromatic carbocycles. The second-order valence-corrected chi connectivity index (χ2v) is 9.37. The maximum Gasteiger partial charge on any atom is 0.262 e. The number of carbonyl (C=O) groups excluding carboxylic acids is 2. The highest BCUT2D eigenvalue weighted by molar-refractivity contribution is 8.15. The Morgan fingerprint density at radius 3 is 2.86 bits per heavy atom. The third kappa shape index (κ3) is 4.27. The standard InChI is InChI=1S/C22H29N3O2S/c1-15(16-8-3-2-4-9-16)23-22-24-21(27)19(28-22)14-20(26)25-13-7-11-17-10-5-6-12-18(17)25/h5-6,10,12,15-16,19H,2-4,7-9,11,13-14H2,1H3,(H,23,24,27)/t15-,19?/m1/s1. The van der Waals surface area contributed by atoms with E-state index in [1.807, 2.05) is 23.1 Å². The van der Waals surface area contributed by atoms with Crippen molar-refractivity contribution in [3.05, 3.63) is 29.8 Å². The second-order valence-electron chi connectivity index (χ2n) is 8.17. The van der Waals surface area contributed by atoms with Gasteiger partial charge in [0.05, 0.1) is 0 Å². The van der Waals surface area contributed by atoms with Crippen molar-refractivity contribution in [1.82, 2.24) is 5.32 Å². The van der Waals surface area contributed by atoms with Gasteiger partial charge in [-0.05, 0) is 50.2 Å². The van der Waals surface area contributed by atoms with Crippen LogP contribution in [0.25, 0.3) is 0 Å². The molecule has 1 aliphatic carbocycles. The van der Waals surface area contributed by atoms with Crippen LogP contribution in [0.5, 0.6) is 0 Å². The summed E-state index contributed by atoms with van der Waals surface area (Å²) in [5.74, 6) is 0.495. The molecule has 2 aliphatic heterocycles. The number of benzene rings is 1. The van der Waals surface area contributed by atoms with E-state index >= 15 is 0 Å². The SMILES string of the molecule is C[C@@H](NC1=NC(=O)C(CC(=O)N2CCCc3ccccc32)S1)C1CCCCC1. The topological polar surface area (TPSA) is 61.8 Å². The number of hydrogen-bond acceptors (Lipinski definition) is 4. The monoisotopic (exact) mass is 399 g/mol. The van der Waals surface area contributed by atoms with Gasteiger partial charge in [0, 0.05) is 24.7 Å². The van der Waals surface area contributed by atoms with Crippen LogP contribution in [0.4, 0.5) is 5.69 Å². The molecule has 0 radical (unpaired) electrons. The number of aryl methyl sites for hydroxylation is 1. The number of nitrogens with one attached hydrogen (secondary N) is 1. The molecule has 1 fully saturated rings. The molecule has 1 saturated carbocycles. The minimum atomic E-state index is -0.400. The first-order valence-corrected chi connectivity index (χ1v) is 11.4. The number of nitrogens with zero attached hydrogens (tertiary/aromatic N) is 2. The largest absolute Gasteiger partial charge is 0.362 e. The van der Waals surface area contributed by atoms with Crippen LogP contribution < -0.4 is 10.2 Å². The summed E-state index contributed by atoms with van der Waals surface area (Å²) < 4.78 is 0. The number of aliphatic imine (C=N–C) groups is 1. The summed E-state index contributed by atoms with van der Waals surface area (Å²) in [5, 5.41) is 3.74. The summed E-state index contributed by atoms with van der Waals surface area (Å²) in [5.41, 5.74) is 2.21. The molecule has 4 rings (SSSR count). The Morgan fingerprint density at radius 1 is 1.25 bits per heavy atom. The summed E-state index contributed by atoms with van der Waals surface area (Å²) in [6.45, 7) is 2.92. The number of fused-ring (bicyclic) bond motifs is 1. The Balaban J connectivity index is 1.34. The number of thioether (sulfide) groups is 1. The second kappa shape index (κ2) is 8.68. The first-order valence-electron chi connectivity index (χ1n) is 10.6. The highest BCUT2D eigenvalue weighted by Gasteiger charge is 2.34. The van der Waals surface area contributed by atoms with Crippen LogP contribution in [0.3, 0.4) is 0 Å². The summed E-state index contributed by atoms with van der Waals surface area (Å²) >= 11 is 1.43. The van der Waals surface area contributed by atoms with Crippen LogP contribution in [-0.2, 0) is 16.0 Å². The van der Waals surface area contributed by atoms with Crippen LogP contribution in [0.1, 0.15) is 57.4 Å². The molecule has 2 atom stereocenters. The van der Waals surface area contributed by atoms with Gasteiger partial charge >= 0.3 is 0 Å². The van der Waals surface area contributed by atoms with E-state index in [1.54, 1.807) is 0 Å². The highest BCUT2D eigenvalue weighted by Crippen LogP contribution is 2.31. The Morgan fingerprint density at radius 2 is 2.04 bits per heavy atom. The zero-order valence-corrected chi connectivity index (χ0v) is 17.3. The van der Waals surface area contributed by atoms with Crippen molar-refractivity contribution in [1.29, 1.82) is 0 Å². The maximum absolute atomic E-state index is 12.9. The smallest absolute Gasteiger partial charge is 0.262 e. The fraction of sp³-hybridized carbons (Fsp3) is 0.591. The molecule has 6 heteroatoms. The van der Waals surface area contributed by atoms with Crippen molar-refractivity contribution in [3.63, 3.8) is 0 Å². The molecule has 0 aromatic heterocycles. The zero-order chi connectivity index (χ0) is 19.5. The molecule has 28 heavy (non-hydrogen) atoms. The quantitative estimate of drug-likeness (QED) is 0.834. The van der Waals surface area contributed by atoms with Crippen molar-refractivity contribution in [2.75, 3.05) is 11.4 Å². The van der Waals surface area contributed by atoms with Gasteiger partial charge in [0.15, 0.2) is 5.17 Å². The maximum atomic E-state index is 12.9. The van der Waals surface area contributed by atoms with Crippen LogP contribution >= 0.6 is 11.8 Å². The minimum absolute atomic E-state index is 0.0229. The van der Waals surface area contributed by atoms with E-state index in [0.29, 0.717) is 17.1 Å². The van der Waals surface area contributed by atoms with E-state index in [-0.39, 0.29) is 18.2 Å². The third-order valence-electron chi connectivity index (χ3n) is 6.22. The summed E-state index contributed by atoms with van der Waals surface area (Å²) in [6, 6.07) is 8.40. The number of amidine groups is 1. The van der Waals surface area contributed by atoms with Crippen molar-refractivity contribution < 1.29 is 9.59 Å². The van der Waals surface area contributed by atoms with Gasteiger partial charge in [-0.15, -0.1) is 0 Å². The average molecular weight is 400 g/mol. The fourth-order valence-electron chi connectivity index (χ4n) is 4.59. The predicted molar refractivity (Wildman–Crippen MR) is 115 cm³/mol. The fourth-order valence-corrected chi connectivity index (χ4v) is 5.63. The number of carbonyl (C=O) groups is 2. The normalized spacial score (nSPS) is 23.9. The highest BCUT2D eigenvalue weighted by atomic mass is 32.2. The van der Waals surface area contributed by atoms with Crippen LogP contribution in [0.2, 0.25) is 0 Å². The Hall–Kier alpha value is -1.82. The molecule has 2 heterocycles. The van der Waals surface area contributed by atoms with Crippen LogP contribution in [-0.4, -0.2) is 34.8 Å². The van der Waals surface area contributed by atoms with Crippen molar-refractivity contribution in [3.8, 4) is 0 Å². The first kappa shape index (κ1) is 19.5. The molecule has 150 valence electrons. The molecular weight excluding hydrogens is 370 g/mol. The lowest BCUT2D eigenvalue weighted by Crippen LogP contribution is -2.38. The molecule has 0 bridgehead atoms. The van der Waals surface area contributed by atoms with Crippen LogP contribution in [0.15, 0.2) is 29.3 Å². The predicted octanol–water partition coefficient (Wildman–Crippen LogP) is 3.91. The molecule has 0 saturated heterocycles. The van der Waals surface area contributed by atoms with Gasteiger partial charge in [0.1, 0.15) is 5.25 Å². The Labute approximate surface area is 171 Å². The van der Waals surface area contributed by atoms with E-state index in [1.165, 1.54) is 49.4 Å². The number of rotatable bonds is 4. The molecule has 0 spiro atoms. The minimum Gasteiger partial charge on any atom is -0.362 e. The lowest BCUT2D eigenvalue weighted by atomic mass is 9.85. The van der Waals surface area contributed by atoms with E-state index < -0.39 is 5.25 Å². The molecule has 2 amide bonds. The van der Waals surface area contributed by atoms with Gasteiger partial charge in [-0.3, -0.25) is 9.59 Å². The molecule has 5 nitrogen and oxygen atoms in total. The van der Waals surface area contributed by atoms with Gasteiger partial charge in [0.2, 0.25) is 5.91 Å². The number of para-hydroxylation sites is 1.